The number of rotatable bonds is 5. The Balaban J connectivity index is 1.45. The van der Waals surface area contributed by atoms with E-state index in [2.05, 4.69) is 20.0 Å². The number of carbonyl (C=O) groups excluding carboxylic acids is 1. The highest BCUT2D eigenvalue weighted by molar-refractivity contribution is 7.97. The van der Waals surface area contributed by atoms with Crippen molar-refractivity contribution in [1.29, 1.82) is 0 Å². The molecule has 1 heterocycles. The first kappa shape index (κ1) is 15.7. The van der Waals surface area contributed by atoms with Gasteiger partial charge in [0.1, 0.15) is 0 Å². The van der Waals surface area contributed by atoms with E-state index in [9.17, 15) is 4.79 Å². The number of amides is 2. The third-order valence-electron chi connectivity index (χ3n) is 3.25. The molecule has 3 aromatic rings. The molecule has 0 atom stereocenters. The number of nitrogens with zero attached hydrogens (tertiary/aromatic N) is 1. The van der Waals surface area contributed by atoms with Crippen LogP contribution in [0.2, 0.25) is 5.02 Å². The van der Waals surface area contributed by atoms with E-state index in [1.54, 1.807) is 0 Å². The second-order valence-electron chi connectivity index (χ2n) is 4.86. The van der Waals surface area contributed by atoms with E-state index in [-0.39, 0.29) is 6.03 Å². The van der Waals surface area contributed by atoms with Gasteiger partial charge < -0.3 is 10.3 Å². The van der Waals surface area contributed by atoms with Crippen LogP contribution in [0.15, 0.2) is 53.7 Å². The molecule has 0 aliphatic heterocycles. The highest BCUT2D eigenvalue weighted by Crippen LogP contribution is 2.17. The number of aromatic nitrogens is 2. The molecule has 3 rings (SSSR count). The first-order valence-corrected chi connectivity index (χ1v) is 8.30. The second-order valence-corrected chi connectivity index (χ2v) is 6.06. The molecule has 0 spiro atoms. The van der Waals surface area contributed by atoms with Crippen LogP contribution in [0.3, 0.4) is 0 Å². The van der Waals surface area contributed by atoms with Crippen molar-refractivity contribution in [1.82, 2.24) is 20.0 Å². The van der Waals surface area contributed by atoms with Crippen LogP contribution < -0.4 is 10.0 Å². The quantitative estimate of drug-likeness (QED) is 0.616. The molecule has 3 N–H and O–H groups in total. The van der Waals surface area contributed by atoms with Gasteiger partial charge in [-0.25, -0.2) is 9.78 Å². The van der Waals surface area contributed by atoms with E-state index in [0.29, 0.717) is 23.1 Å². The van der Waals surface area contributed by atoms with E-state index in [0.717, 1.165) is 28.5 Å². The summed E-state index contributed by atoms with van der Waals surface area (Å²) in [6.07, 6.45) is 0.683. The average molecular weight is 347 g/mol. The number of halogens is 1. The predicted molar refractivity (Wildman–Crippen MR) is 93.6 cm³/mol. The lowest BCUT2D eigenvalue weighted by Gasteiger charge is -2.06. The molecule has 0 radical (unpaired) electrons. The molecular formula is C16H15ClN4OS. The van der Waals surface area contributed by atoms with Crippen LogP contribution in [0, 0.1) is 0 Å². The van der Waals surface area contributed by atoms with Crippen molar-refractivity contribution in [3.8, 4) is 0 Å². The number of fused-ring (bicyclic) bond motifs is 1. The highest BCUT2D eigenvalue weighted by atomic mass is 35.5. The van der Waals surface area contributed by atoms with Crippen molar-refractivity contribution in [2.75, 3.05) is 6.54 Å². The normalized spacial score (nSPS) is 10.7. The van der Waals surface area contributed by atoms with Gasteiger partial charge in [-0.15, -0.1) is 0 Å². The van der Waals surface area contributed by atoms with Crippen molar-refractivity contribution in [2.24, 2.45) is 0 Å². The summed E-state index contributed by atoms with van der Waals surface area (Å²) in [5.41, 5.74) is 2.83. The van der Waals surface area contributed by atoms with Gasteiger partial charge in [-0.1, -0.05) is 41.9 Å². The largest absolute Gasteiger partial charge is 0.337 e. The van der Waals surface area contributed by atoms with E-state index in [1.807, 2.05) is 48.5 Å². The van der Waals surface area contributed by atoms with Crippen molar-refractivity contribution in [3.05, 3.63) is 59.1 Å². The van der Waals surface area contributed by atoms with Crippen molar-refractivity contribution >= 4 is 40.6 Å². The first-order chi connectivity index (χ1) is 11.2. The van der Waals surface area contributed by atoms with Gasteiger partial charge in [-0.3, -0.25) is 4.72 Å². The minimum absolute atomic E-state index is 0.262. The van der Waals surface area contributed by atoms with E-state index >= 15 is 0 Å². The van der Waals surface area contributed by atoms with Gasteiger partial charge in [0.2, 0.25) is 0 Å². The highest BCUT2D eigenvalue weighted by Gasteiger charge is 2.06. The third kappa shape index (κ3) is 4.18. The summed E-state index contributed by atoms with van der Waals surface area (Å²) in [5, 5.41) is 4.15. The summed E-state index contributed by atoms with van der Waals surface area (Å²) in [4.78, 5) is 19.3. The van der Waals surface area contributed by atoms with Gasteiger partial charge in [0.15, 0.2) is 5.16 Å². The number of aromatic amines is 1. The van der Waals surface area contributed by atoms with Gasteiger partial charge >= 0.3 is 6.03 Å². The van der Waals surface area contributed by atoms with Crippen LogP contribution >= 0.6 is 23.5 Å². The summed E-state index contributed by atoms with van der Waals surface area (Å²) in [5.74, 6) is 0. The predicted octanol–water partition coefficient (Wildman–Crippen LogP) is 3.77. The fraction of sp³-hybridized carbons (Fsp3) is 0.125. The monoisotopic (exact) mass is 346 g/mol. The molecule has 0 saturated carbocycles. The number of urea groups is 1. The lowest BCUT2D eigenvalue weighted by Crippen LogP contribution is -2.32. The zero-order valence-corrected chi connectivity index (χ0v) is 13.7. The summed E-state index contributed by atoms with van der Waals surface area (Å²) in [6.45, 7) is 0.510. The van der Waals surface area contributed by atoms with Crippen LogP contribution in [-0.4, -0.2) is 22.5 Å². The molecule has 2 amide bonds. The van der Waals surface area contributed by atoms with Gasteiger partial charge in [-0.2, -0.15) is 0 Å². The molecule has 0 fully saturated rings. The molecule has 0 aliphatic rings. The fourth-order valence-corrected chi connectivity index (χ4v) is 2.92. The zero-order valence-electron chi connectivity index (χ0n) is 12.2. The molecule has 0 bridgehead atoms. The Labute approximate surface area is 143 Å². The SMILES string of the molecule is O=C(NCCc1ccccc1Cl)NSc1nc2ccccc2[nH]1. The fourth-order valence-electron chi connectivity index (χ4n) is 2.12. The van der Waals surface area contributed by atoms with E-state index < -0.39 is 0 Å². The smallest absolute Gasteiger partial charge is 0.325 e. The molecule has 7 heteroatoms. The number of carbonyl (C=O) groups is 1. The Morgan fingerprint density at radius 3 is 2.78 bits per heavy atom. The molecule has 1 aromatic heterocycles. The minimum Gasteiger partial charge on any atom is -0.337 e. The Kier molecular flexibility index (Phi) is 5.05. The molecule has 0 saturated heterocycles. The third-order valence-corrected chi connectivity index (χ3v) is 4.29. The van der Waals surface area contributed by atoms with E-state index in [1.165, 1.54) is 0 Å². The average Bonchev–Trinajstić information content (AvgIpc) is 2.98. The summed E-state index contributed by atoms with van der Waals surface area (Å²) < 4.78 is 2.70. The maximum Gasteiger partial charge on any atom is 0.325 e. The van der Waals surface area contributed by atoms with Crippen molar-refractivity contribution in [3.63, 3.8) is 0 Å². The number of nitrogens with one attached hydrogen (secondary N) is 3. The zero-order chi connectivity index (χ0) is 16.1. The maximum atomic E-state index is 11.8. The maximum absolute atomic E-state index is 11.8. The van der Waals surface area contributed by atoms with Gasteiger partial charge in [0, 0.05) is 23.5 Å². The number of hydrogen-bond acceptors (Lipinski definition) is 3. The van der Waals surface area contributed by atoms with Crippen LogP contribution in [0.25, 0.3) is 11.0 Å². The molecule has 5 nitrogen and oxygen atoms in total. The Bertz CT molecular complexity index is 787. The Morgan fingerprint density at radius 1 is 1.17 bits per heavy atom. The second kappa shape index (κ2) is 7.39. The molecule has 118 valence electrons. The van der Waals surface area contributed by atoms with E-state index in [4.69, 9.17) is 11.6 Å². The van der Waals surface area contributed by atoms with Gasteiger partial charge in [0.05, 0.1) is 11.0 Å². The molecular weight excluding hydrogens is 332 g/mol. The summed E-state index contributed by atoms with van der Waals surface area (Å²) in [6, 6.07) is 15.1. The number of imidazole rings is 1. The summed E-state index contributed by atoms with van der Waals surface area (Å²) >= 11 is 7.22. The molecule has 0 unspecified atom stereocenters. The lowest BCUT2D eigenvalue weighted by molar-refractivity contribution is 0.246. The molecule has 2 aromatic carbocycles. The first-order valence-electron chi connectivity index (χ1n) is 7.11. The Hall–Kier alpha value is -2.18. The van der Waals surface area contributed by atoms with Gasteiger partial charge in [-0.05, 0) is 30.2 Å². The van der Waals surface area contributed by atoms with Crippen LogP contribution in [-0.2, 0) is 6.42 Å². The number of hydrogen-bond donors (Lipinski definition) is 3. The van der Waals surface area contributed by atoms with Crippen molar-refractivity contribution < 1.29 is 4.79 Å². The number of H-pyrrole nitrogens is 1. The van der Waals surface area contributed by atoms with Gasteiger partial charge in [0.25, 0.3) is 0 Å². The lowest BCUT2D eigenvalue weighted by atomic mass is 10.1. The van der Waals surface area contributed by atoms with Crippen LogP contribution in [0.4, 0.5) is 4.79 Å². The van der Waals surface area contributed by atoms with Crippen molar-refractivity contribution in [2.45, 2.75) is 11.6 Å². The number of benzene rings is 2. The molecule has 0 aliphatic carbocycles. The van der Waals surface area contributed by atoms with Crippen LogP contribution in [0.1, 0.15) is 5.56 Å². The van der Waals surface area contributed by atoms with Crippen LogP contribution in [0.5, 0.6) is 0 Å². The topological polar surface area (TPSA) is 69.8 Å². The molecule has 23 heavy (non-hydrogen) atoms. The number of para-hydroxylation sites is 2. The summed E-state index contributed by atoms with van der Waals surface area (Å²) in [7, 11) is 0. The standard InChI is InChI=1S/C16H15ClN4OS/c17-12-6-2-1-5-11(12)9-10-18-15(22)21-23-16-19-13-7-3-4-8-14(13)20-16/h1-8H,9-10H2,(H,19,20)(H2,18,21,22). The minimum atomic E-state index is -0.262. The Morgan fingerprint density at radius 2 is 1.96 bits per heavy atom.